The molecule has 0 bridgehead atoms. The van der Waals surface area contributed by atoms with Gasteiger partial charge in [0.2, 0.25) is 0 Å². The van der Waals surface area contributed by atoms with Crippen LogP contribution in [0, 0.1) is 6.92 Å². The minimum absolute atomic E-state index is 0.650. The Balaban J connectivity index is 2.02. The highest BCUT2D eigenvalue weighted by Gasteiger charge is 2.03. The second-order valence-electron chi connectivity index (χ2n) is 4.53. The second kappa shape index (κ2) is 6.60. The molecule has 0 aromatic heterocycles. The van der Waals surface area contributed by atoms with Gasteiger partial charge >= 0.3 is 0 Å². The number of ether oxygens (including phenoxy) is 1. The molecule has 0 amide bonds. The molecule has 0 spiro atoms. The van der Waals surface area contributed by atoms with Crippen molar-refractivity contribution in [3.05, 3.63) is 64.2 Å². The molecule has 2 aromatic carbocycles. The fraction of sp³-hybridized carbons (Fsp3) is 0.250. The number of hydrogen-bond acceptors (Lipinski definition) is 2. The summed E-state index contributed by atoms with van der Waals surface area (Å²) in [5, 5.41) is 4.15. The van der Waals surface area contributed by atoms with E-state index in [4.69, 9.17) is 16.3 Å². The minimum Gasteiger partial charge on any atom is -0.380 e. The number of hydrogen-bond donors (Lipinski definition) is 1. The fourth-order valence-electron chi connectivity index (χ4n) is 1.97. The zero-order valence-electron chi connectivity index (χ0n) is 11.2. The number of halogens is 1. The summed E-state index contributed by atoms with van der Waals surface area (Å²) in [5.41, 5.74) is 4.56. The van der Waals surface area contributed by atoms with E-state index in [1.807, 2.05) is 12.1 Å². The standard InChI is InChI=1S/C16H18ClNO/c1-12-4-3-5-15(17)16(12)18-10-13-6-8-14(9-7-13)11-19-2/h3-9,18H,10-11H2,1-2H3. The number of aryl methyl sites for hydroxylation is 1. The van der Waals surface area contributed by atoms with Gasteiger partial charge in [-0.25, -0.2) is 0 Å². The van der Waals surface area contributed by atoms with Crippen LogP contribution in [0.3, 0.4) is 0 Å². The van der Waals surface area contributed by atoms with Crippen LogP contribution in [0.1, 0.15) is 16.7 Å². The van der Waals surface area contributed by atoms with Crippen molar-refractivity contribution in [1.82, 2.24) is 0 Å². The summed E-state index contributed by atoms with van der Waals surface area (Å²) >= 11 is 6.18. The van der Waals surface area contributed by atoms with Gasteiger partial charge in [-0.3, -0.25) is 0 Å². The van der Waals surface area contributed by atoms with Crippen LogP contribution in [0.4, 0.5) is 5.69 Å². The minimum atomic E-state index is 0.650. The molecule has 0 aliphatic carbocycles. The first-order valence-corrected chi connectivity index (χ1v) is 6.64. The average Bonchev–Trinajstić information content (AvgIpc) is 2.40. The second-order valence-corrected chi connectivity index (χ2v) is 4.94. The molecule has 2 aromatic rings. The van der Waals surface area contributed by atoms with Crippen molar-refractivity contribution in [2.24, 2.45) is 0 Å². The average molecular weight is 276 g/mol. The Labute approximate surface area is 119 Å². The molecule has 0 saturated heterocycles. The summed E-state index contributed by atoms with van der Waals surface area (Å²) < 4.78 is 5.10. The van der Waals surface area contributed by atoms with E-state index < -0.39 is 0 Å². The molecule has 0 radical (unpaired) electrons. The summed E-state index contributed by atoms with van der Waals surface area (Å²) in [6, 6.07) is 14.3. The predicted octanol–water partition coefficient (Wildman–Crippen LogP) is 4.41. The Morgan fingerprint density at radius 2 is 1.74 bits per heavy atom. The SMILES string of the molecule is COCc1ccc(CNc2c(C)cccc2Cl)cc1. The van der Waals surface area contributed by atoms with Crippen molar-refractivity contribution >= 4 is 17.3 Å². The van der Waals surface area contributed by atoms with E-state index in [2.05, 4.69) is 42.6 Å². The maximum absolute atomic E-state index is 6.18. The van der Waals surface area contributed by atoms with Crippen molar-refractivity contribution < 1.29 is 4.74 Å². The first kappa shape index (κ1) is 13.9. The summed E-state index contributed by atoms with van der Waals surface area (Å²) in [5.74, 6) is 0. The van der Waals surface area contributed by atoms with Gasteiger partial charge in [0.15, 0.2) is 0 Å². The van der Waals surface area contributed by atoms with Gasteiger partial charge in [-0.15, -0.1) is 0 Å². The largest absolute Gasteiger partial charge is 0.380 e. The van der Waals surface area contributed by atoms with Gasteiger partial charge in [0.05, 0.1) is 17.3 Å². The van der Waals surface area contributed by atoms with Crippen LogP contribution in [-0.2, 0) is 17.9 Å². The number of benzene rings is 2. The molecular weight excluding hydrogens is 258 g/mol. The Morgan fingerprint density at radius 1 is 1.05 bits per heavy atom. The number of rotatable bonds is 5. The highest BCUT2D eigenvalue weighted by atomic mass is 35.5. The highest BCUT2D eigenvalue weighted by Crippen LogP contribution is 2.25. The molecule has 0 fully saturated rings. The van der Waals surface area contributed by atoms with E-state index in [0.29, 0.717) is 6.61 Å². The Hall–Kier alpha value is -1.51. The van der Waals surface area contributed by atoms with E-state index in [9.17, 15) is 0 Å². The van der Waals surface area contributed by atoms with Crippen LogP contribution >= 0.6 is 11.6 Å². The quantitative estimate of drug-likeness (QED) is 0.873. The molecular formula is C16H18ClNO. The fourth-order valence-corrected chi connectivity index (χ4v) is 2.25. The van der Waals surface area contributed by atoms with Crippen LogP contribution in [0.5, 0.6) is 0 Å². The first-order chi connectivity index (χ1) is 9.20. The lowest BCUT2D eigenvalue weighted by Gasteiger charge is -2.11. The van der Waals surface area contributed by atoms with Crippen molar-refractivity contribution in [2.45, 2.75) is 20.1 Å². The molecule has 2 rings (SSSR count). The third kappa shape index (κ3) is 3.72. The molecule has 0 atom stereocenters. The van der Waals surface area contributed by atoms with Gasteiger partial charge in [0.1, 0.15) is 0 Å². The summed E-state index contributed by atoms with van der Waals surface area (Å²) in [6.07, 6.45) is 0. The van der Waals surface area contributed by atoms with Gasteiger partial charge in [-0.05, 0) is 29.7 Å². The summed E-state index contributed by atoms with van der Waals surface area (Å²) in [4.78, 5) is 0. The van der Waals surface area contributed by atoms with Crippen molar-refractivity contribution in [3.63, 3.8) is 0 Å². The normalized spacial score (nSPS) is 10.5. The van der Waals surface area contributed by atoms with Crippen molar-refractivity contribution in [3.8, 4) is 0 Å². The van der Waals surface area contributed by atoms with Crippen molar-refractivity contribution in [2.75, 3.05) is 12.4 Å². The smallest absolute Gasteiger partial charge is 0.0713 e. The molecule has 1 N–H and O–H groups in total. The Morgan fingerprint density at radius 3 is 2.37 bits per heavy atom. The lowest BCUT2D eigenvalue weighted by molar-refractivity contribution is 0.185. The summed E-state index contributed by atoms with van der Waals surface area (Å²) in [6.45, 7) is 3.46. The number of nitrogens with one attached hydrogen (secondary N) is 1. The lowest BCUT2D eigenvalue weighted by Crippen LogP contribution is -2.02. The molecule has 0 saturated carbocycles. The van der Waals surface area contributed by atoms with Crippen LogP contribution < -0.4 is 5.32 Å². The molecule has 2 nitrogen and oxygen atoms in total. The van der Waals surface area contributed by atoms with Crippen LogP contribution in [-0.4, -0.2) is 7.11 Å². The zero-order chi connectivity index (χ0) is 13.7. The lowest BCUT2D eigenvalue weighted by atomic mass is 10.1. The Kier molecular flexibility index (Phi) is 4.83. The Bertz CT molecular complexity index is 517. The van der Waals surface area contributed by atoms with E-state index in [1.54, 1.807) is 7.11 Å². The molecule has 3 heteroatoms. The van der Waals surface area contributed by atoms with Crippen LogP contribution in [0.2, 0.25) is 5.02 Å². The van der Waals surface area contributed by atoms with Gasteiger partial charge in [-0.1, -0.05) is 48.0 Å². The molecule has 100 valence electrons. The first-order valence-electron chi connectivity index (χ1n) is 6.26. The predicted molar refractivity (Wildman–Crippen MR) is 80.7 cm³/mol. The van der Waals surface area contributed by atoms with E-state index in [0.717, 1.165) is 22.8 Å². The van der Waals surface area contributed by atoms with Gasteiger partial charge in [0.25, 0.3) is 0 Å². The van der Waals surface area contributed by atoms with E-state index in [-0.39, 0.29) is 0 Å². The number of para-hydroxylation sites is 1. The van der Waals surface area contributed by atoms with Crippen LogP contribution in [0.25, 0.3) is 0 Å². The molecule has 19 heavy (non-hydrogen) atoms. The zero-order valence-corrected chi connectivity index (χ0v) is 12.0. The van der Waals surface area contributed by atoms with Crippen LogP contribution in [0.15, 0.2) is 42.5 Å². The third-order valence-corrected chi connectivity index (χ3v) is 3.34. The number of anilines is 1. The maximum Gasteiger partial charge on any atom is 0.0713 e. The molecule has 0 heterocycles. The summed E-state index contributed by atoms with van der Waals surface area (Å²) in [7, 11) is 1.70. The topological polar surface area (TPSA) is 21.3 Å². The van der Waals surface area contributed by atoms with Gasteiger partial charge in [0, 0.05) is 13.7 Å². The molecule has 0 aliphatic rings. The molecule has 0 aliphatic heterocycles. The molecule has 0 unspecified atom stereocenters. The van der Waals surface area contributed by atoms with Gasteiger partial charge < -0.3 is 10.1 Å². The monoisotopic (exact) mass is 275 g/mol. The third-order valence-electron chi connectivity index (χ3n) is 3.03. The van der Waals surface area contributed by atoms with E-state index in [1.165, 1.54) is 11.1 Å². The highest BCUT2D eigenvalue weighted by molar-refractivity contribution is 6.33. The van der Waals surface area contributed by atoms with Crippen molar-refractivity contribution in [1.29, 1.82) is 0 Å². The maximum atomic E-state index is 6.18. The van der Waals surface area contributed by atoms with Gasteiger partial charge in [-0.2, -0.15) is 0 Å². The van der Waals surface area contributed by atoms with E-state index >= 15 is 0 Å². The number of methoxy groups -OCH3 is 1.